The Bertz CT molecular complexity index is 1850. The normalized spacial score (nSPS) is 11.4. The molecule has 0 radical (unpaired) electrons. The minimum atomic E-state index is -0.233. The van der Waals surface area contributed by atoms with Gasteiger partial charge in [-0.25, -0.2) is 4.98 Å². The summed E-state index contributed by atoms with van der Waals surface area (Å²) in [6.07, 6.45) is 1.70. The van der Waals surface area contributed by atoms with Gasteiger partial charge in [0.25, 0.3) is 5.56 Å². The molecule has 0 saturated heterocycles. The number of rotatable bonds is 6. The van der Waals surface area contributed by atoms with Crippen LogP contribution in [0.1, 0.15) is 11.1 Å². The van der Waals surface area contributed by atoms with Crippen LogP contribution in [0.3, 0.4) is 0 Å². The summed E-state index contributed by atoms with van der Waals surface area (Å²) in [6.45, 7) is 0.402. The highest BCUT2D eigenvalue weighted by Crippen LogP contribution is 2.28. The Hall–Kier alpha value is -4.55. The molecule has 0 unspecified atom stereocenters. The van der Waals surface area contributed by atoms with Crippen molar-refractivity contribution >= 4 is 43.8 Å². The van der Waals surface area contributed by atoms with E-state index in [4.69, 9.17) is 14.8 Å². The van der Waals surface area contributed by atoms with E-state index in [1.54, 1.807) is 12.3 Å². The summed E-state index contributed by atoms with van der Waals surface area (Å²) in [7, 11) is 0. The van der Waals surface area contributed by atoms with Crippen molar-refractivity contribution in [3.8, 4) is 17.1 Å². The van der Waals surface area contributed by atoms with Gasteiger partial charge in [-0.05, 0) is 46.7 Å². The van der Waals surface area contributed by atoms with Crippen molar-refractivity contribution in [2.75, 3.05) is 0 Å². The largest absolute Gasteiger partial charge is 0.488 e. The molecule has 0 aliphatic carbocycles. The predicted octanol–water partition coefficient (Wildman–Crippen LogP) is 7.44. The van der Waals surface area contributed by atoms with E-state index in [1.807, 2.05) is 109 Å². The fourth-order valence-electron chi connectivity index (χ4n) is 4.40. The second-order valence-corrected chi connectivity index (χ2v) is 9.71. The van der Waals surface area contributed by atoms with Crippen LogP contribution < -0.4 is 10.3 Å². The Morgan fingerprint density at radius 2 is 1.50 bits per heavy atom. The lowest BCUT2D eigenvalue weighted by Crippen LogP contribution is -2.20. The van der Waals surface area contributed by atoms with Gasteiger partial charge in [0.2, 0.25) is 0 Å². The zero-order valence-electron chi connectivity index (χ0n) is 20.3. The fourth-order valence-corrected chi connectivity index (χ4v) is 4.66. The first-order valence-electron chi connectivity index (χ1n) is 12.2. The number of para-hydroxylation sites is 1. The zero-order valence-corrected chi connectivity index (χ0v) is 21.9. The lowest BCUT2D eigenvalue weighted by Gasteiger charge is -2.13. The average Bonchev–Trinajstić information content (AvgIpc) is 2.97. The topological polar surface area (TPSA) is 56.5 Å². The number of aromatic nitrogens is 2. The number of halogens is 1. The molecule has 6 heteroatoms. The molecule has 0 N–H and O–H groups in total. The molecule has 0 amide bonds. The van der Waals surface area contributed by atoms with Gasteiger partial charge in [-0.2, -0.15) is 9.78 Å². The fraction of sp³-hybridized carbons (Fsp3) is 0.0312. The molecule has 38 heavy (non-hydrogen) atoms. The van der Waals surface area contributed by atoms with Crippen LogP contribution in [-0.4, -0.2) is 15.9 Å². The number of hydrogen-bond donors (Lipinski definition) is 0. The molecule has 6 rings (SSSR count). The summed E-state index contributed by atoms with van der Waals surface area (Å²) in [5.74, 6) is 1.15. The minimum absolute atomic E-state index is 0.233. The van der Waals surface area contributed by atoms with Crippen LogP contribution in [0.25, 0.3) is 33.1 Å². The molecule has 5 aromatic carbocycles. The molecule has 0 fully saturated rings. The van der Waals surface area contributed by atoms with E-state index in [0.717, 1.165) is 31.9 Å². The van der Waals surface area contributed by atoms with Crippen molar-refractivity contribution < 1.29 is 4.74 Å². The van der Waals surface area contributed by atoms with Crippen molar-refractivity contribution in [2.24, 2.45) is 5.10 Å². The van der Waals surface area contributed by atoms with Gasteiger partial charge in [0, 0.05) is 15.6 Å². The Morgan fingerprint density at radius 1 is 0.789 bits per heavy atom. The summed E-state index contributed by atoms with van der Waals surface area (Å²) >= 11 is 3.48. The van der Waals surface area contributed by atoms with Crippen molar-refractivity contribution in [1.82, 2.24) is 9.66 Å². The molecule has 0 aliphatic heterocycles. The number of nitrogens with zero attached hydrogens (tertiary/aromatic N) is 3. The molecular weight excluding hydrogens is 538 g/mol. The van der Waals surface area contributed by atoms with Gasteiger partial charge >= 0.3 is 0 Å². The Kier molecular flexibility index (Phi) is 6.54. The molecule has 6 aromatic rings. The molecule has 184 valence electrons. The molecule has 5 nitrogen and oxygen atoms in total. The van der Waals surface area contributed by atoms with Crippen LogP contribution >= 0.6 is 15.9 Å². The summed E-state index contributed by atoms with van der Waals surface area (Å²) in [5.41, 5.74) is 3.04. The van der Waals surface area contributed by atoms with Crippen molar-refractivity contribution in [3.63, 3.8) is 0 Å². The van der Waals surface area contributed by atoms with Gasteiger partial charge in [-0.15, -0.1) is 0 Å². The standard InChI is InChI=1S/C32H22BrN3O2/c33-25-17-14-22(15-18-25)21-38-30-19-16-23-8-4-5-11-26(23)28(30)20-34-36-31(24-9-2-1-3-10-24)35-29-13-7-6-12-27(29)32(36)37/h1-20H,21H2. The lowest BCUT2D eigenvalue weighted by atomic mass is 10.0. The van der Waals surface area contributed by atoms with E-state index in [2.05, 4.69) is 15.9 Å². The summed E-state index contributed by atoms with van der Waals surface area (Å²) < 4.78 is 8.66. The Labute approximate surface area is 227 Å². The van der Waals surface area contributed by atoms with Gasteiger partial charge in [-0.1, -0.05) is 101 Å². The average molecular weight is 560 g/mol. The van der Waals surface area contributed by atoms with Gasteiger partial charge in [0.1, 0.15) is 12.4 Å². The first-order chi connectivity index (χ1) is 18.7. The van der Waals surface area contributed by atoms with Crippen LogP contribution in [0.4, 0.5) is 0 Å². The SMILES string of the molecule is O=c1c2ccccc2nc(-c2ccccc2)n1N=Cc1c(OCc2ccc(Br)cc2)ccc2ccccc12. The molecule has 1 aromatic heterocycles. The van der Waals surface area contributed by atoms with Crippen molar-refractivity contribution in [1.29, 1.82) is 0 Å². The van der Waals surface area contributed by atoms with Crippen LogP contribution in [0.15, 0.2) is 130 Å². The maximum absolute atomic E-state index is 13.6. The molecule has 0 atom stereocenters. The first kappa shape index (κ1) is 23.8. The molecule has 0 aliphatic rings. The number of ether oxygens (including phenoxy) is 1. The molecule has 1 heterocycles. The van der Waals surface area contributed by atoms with E-state index >= 15 is 0 Å². The van der Waals surface area contributed by atoms with Gasteiger partial charge < -0.3 is 4.74 Å². The minimum Gasteiger partial charge on any atom is -0.488 e. The third-order valence-electron chi connectivity index (χ3n) is 6.33. The van der Waals surface area contributed by atoms with Crippen LogP contribution in [-0.2, 0) is 6.61 Å². The highest BCUT2D eigenvalue weighted by atomic mass is 79.9. The van der Waals surface area contributed by atoms with E-state index in [1.165, 1.54) is 4.68 Å². The van der Waals surface area contributed by atoms with E-state index in [-0.39, 0.29) is 5.56 Å². The predicted molar refractivity (Wildman–Crippen MR) is 157 cm³/mol. The van der Waals surface area contributed by atoms with Gasteiger partial charge in [0.15, 0.2) is 5.82 Å². The van der Waals surface area contributed by atoms with Crippen LogP contribution in [0.5, 0.6) is 5.75 Å². The number of hydrogen-bond acceptors (Lipinski definition) is 4. The Balaban J connectivity index is 1.48. The highest BCUT2D eigenvalue weighted by molar-refractivity contribution is 9.10. The van der Waals surface area contributed by atoms with Gasteiger partial charge in [0.05, 0.1) is 17.1 Å². The number of benzene rings is 5. The lowest BCUT2D eigenvalue weighted by molar-refractivity contribution is 0.306. The first-order valence-corrected chi connectivity index (χ1v) is 13.0. The zero-order chi connectivity index (χ0) is 25.9. The van der Waals surface area contributed by atoms with E-state index in [9.17, 15) is 4.79 Å². The smallest absolute Gasteiger partial charge is 0.282 e. The van der Waals surface area contributed by atoms with E-state index in [0.29, 0.717) is 29.1 Å². The Morgan fingerprint density at radius 3 is 2.32 bits per heavy atom. The molecular formula is C32H22BrN3O2. The molecule has 0 bridgehead atoms. The van der Waals surface area contributed by atoms with Crippen LogP contribution in [0.2, 0.25) is 0 Å². The second-order valence-electron chi connectivity index (χ2n) is 8.79. The maximum atomic E-state index is 13.6. The number of fused-ring (bicyclic) bond motifs is 2. The monoisotopic (exact) mass is 559 g/mol. The second kappa shape index (κ2) is 10.4. The third-order valence-corrected chi connectivity index (χ3v) is 6.86. The van der Waals surface area contributed by atoms with Crippen molar-refractivity contribution in [3.05, 3.63) is 141 Å². The third kappa shape index (κ3) is 4.74. The van der Waals surface area contributed by atoms with Crippen LogP contribution in [0, 0.1) is 0 Å². The van der Waals surface area contributed by atoms with E-state index < -0.39 is 0 Å². The quantitative estimate of drug-likeness (QED) is 0.199. The summed E-state index contributed by atoms with van der Waals surface area (Å²) in [5, 5.41) is 7.25. The maximum Gasteiger partial charge on any atom is 0.282 e. The summed E-state index contributed by atoms with van der Waals surface area (Å²) in [6, 6.07) is 37.0. The van der Waals surface area contributed by atoms with Crippen molar-refractivity contribution in [2.45, 2.75) is 6.61 Å². The highest BCUT2D eigenvalue weighted by Gasteiger charge is 2.13. The summed E-state index contributed by atoms with van der Waals surface area (Å²) in [4.78, 5) is 18.4. The molecule has 0 spiro atoms. The molecule has 0 saturated carbocycles. The van der Waals surface area contributed by atoms with Gasteiger partial charge in [-0.3, -0.25) is 4.79 Å².